The van der Waals surface area contributed by atoms with Crippen molar-refractivity contribution in [1.29, 1.82) is 0 Å². The van der Waals surface area contributed by atoms with Crippen molar-refractivity contribution in [2.75, 3.05) is 7.11 Å². The van der Waals surface area contributed by atoms with Crippen LogP contribution in [-0.2, 0) is 4.74 Å². The number of methoxy groups -OCH3 is 1. The fourth-order valence-corrected chi connectivity index (χ4v) is 2.02. The molecule has 0 fully saturated rings. The summed E-state index contributed by atoms with van der Waals surface area (Å²) in [5, 5.41) is 0. The van der Waals surface area contributed by atoms with Gasteiger partial charge in [-0.15, -0.1) is 0 Å². The summed E-state index contributed by atoms with van der Waals surface area (Å²) in [7, 11) is 1.81. The smallest absolute Gasteiger partial charge is 0.0915 e. The van der Waals surface area contributed by atoms with Gasteiger partial charge in [0.1, 0.15) is 0 Å². The van der Waals surface area contributed by atoms with Crippen LogP contribution in [0.1, 0.15) is 84.5 Å². The Balaban J connectivity index is 3.49. The molecule has 1 heteroatoms. The molecule has 0 rings (SSSR count). The van der Waals surface area contributed by atoms with Crippen LogP contribution in [-0.4, -0.2) is 7.11 Å². The number of rotatable bonds is 12. The van der Waals surface area contributed by atoms with Gasteiger partial charge in [-0.1, -0.05) is 58.8 Å². The van der Waals surface area contributed by atoms with E-state index in [1.165, 1.54) is 70.0 Å². The molecule has 0 atom stereocenters. The first-order valence-corrected chi connectivity index (χ1v) is 7.58. The first kappa shape index (κ1) is 16.5. The van der Waals surface area contributed by atoms with Gasteiger partial charge in [-0.2, -0.15) is 0 Å². The third-order valence-corrected chi connectivity index (χ3v) is 3.22. The predicted octanol–water partition coefficient (Wildman–Crippen LogP) is 5.85. The third-order valence-electron chi connectivity index (χ3n) is 3.22. The maximum atomic E-state index is 5.42. The lowest BCUT2D eigenvalue weighted by atomic mass is 10.1. The minimum atomic E-state index is 1.13. The molecule has 102 valence electrons. The van der Waals surface area contributed by atoms with Gasteiger partial charge in [-0.05, 0) is 25.3 Å². The molecule has 0 bridgehead atoms. The van der Waals surface area contributed by atoms with Gasteiger partial charge in [0.25, 0.3) is 0 Å². The van der Waals surface area contributed by atoms with Gasteiger partial charge in [-0.25, -0.2) is 0 Å². The van der Waals surface area contributed by atoms with Gasteiger partial charge in [0.2, 0.25) is 0 Å². The van der Waals surface area contributed by atoms with Crippen molar-refractivity contribution in [3.8, 4) is 0 Å². The number of hydrogen-bond acceptors (Lipinski definition) is 1. The van der Waals surface area contributed by atoms with Crippen molar-refractivity contribution in [2.24, 2.45) is 0 Å². The van der Waals surface area contributed by atoms with Gasteiger partial charge in [-0.3, -0.25) is 0 Å². The van der Waals surface area contributed by atoms with Gasteiger partial charge in [0.15, 0.2) is 0 Å². The summed E-state index contributed by atoms with van der Waals surface area (Å²) in [5.41, 5.74) is 0. The minimum absolute atomic E-state index is 1.13. The zero-order valence-corrected chi connectivity index (χ0v) is 12.3. The fourth-order valence-electron chi connectivity index (χ4n) is 2.02. The van der Waals surface area contributed by atoms with Crippen molar-refractivity contribution in [2.45, 2.75) is 84.5 Å². The van der Waals surface area contributed by atoms with E-state index in [1.54, 1.807) is 0 Å². The van der Waals surface area contributed by atoms with E-state index in [0.29, 0.717) is 0 Å². The number of unbranched alkanes of at least 4 members (excludes halogenated alkanes) is 8. The van der Waals surface area contributed by atoms with E-state index >= 15 is 0 Å². The molecule has 0 unspecified atom stereocenters. The van der Waals surface area contributed by atoms with Crippen LogP contribution in [0.5, 0.6) is 0 Å². The average molecular weight is 240 g/mol. The highest BCUT2D eigenvalue weighted by Gasteiger charge is 1.97. The number of allylic oxidation sites excluding steroid dienone is 2. The largest absolute Gasteiger partial charge is 0.501 e. The second-order valence-corrected chi connectivity index (χ2v) is 4.89. The monoisotopic (exact) mass is 240 g/mol. The predicted molar refractivity (Wildman–Crippen MR) is 77.2 cm³/mol. The van der Waals surface area contributed by atoms with E-state index in [2.05, 4.69) is 19.9 Å². The van der Waals surface area contributed by atoms with E-state index in [-0.39, 0.29) is 0 Å². The third kappa shape index (κ3) is 11.8. The van der Waals surface area contributed by atoms with E-state index in [9.17, 15) is 0 Å². The molecule has 0 amide bonds. The topological polar surface area (TPSA) is 9.23 Å². The first-order chi connectivity index (χ1) is 8.35. The lowest BCUT2D eigenvalue weighted by Crippen LogP contribution is -1.88. The van der Waals surface area contributed by atoms with Crippen LogP contribution in [0.3, 0.4) is 0 Å². The second kappa shape index (κ2) is 13.6. The molecular weight excluding hydrogens is 208 g/mol. The van der Waals surface area contributed by atoms with Gasteiger partial charge in [0, 0.05) is 6.42 Å². The Morgan fingerprint density at radius 1 is 0.824 bits per heavy atom. The highest BCUT2D eigenvalue weighted by atomic mass is 16.5. The molecule has 1 nitrogen and oxygen atoms in total. The second-order valence-electron chi connectivity index (χ2n) is 4.89. The summed E-state index contributed by atoms with van der Waals surface area (Å²) in [6.07, 6.45) is 16.7. The zero-order valence-electron chi connectivity index (χ0n) is 12.3. The molecule has 0 aromatic rings. The first-order valence-electron chi connectivity index (χ1n) is 7.58. The van der Waals surface area contributed by atoms with Gasteiger partial charge >= 0.3 is 0 Å². The van der Waals surface area contributed by atoms with Crippen LogP contribution in [0.2, 0.25) is 0 Å². The van der Waals surface area contributed by atoms with E-state index in [0.717, 1.165) is 6.42 Å². The Hall–Kier alpha value is -0.460. The summed E-state index contributed by atoms with van der Waals surface area (Å²) >= 11 is 0. The lowest BCUT2D eigenvalue weighted by Gasteiger charge is -2.06. The minimum Gasteiger partial charge on any atom is -0.501 e. The summed E-state index contributed by atoms with van der Waals surface area (Å²) < 4.78 is 5.42. The molecular formula is C16H32O. The van der Waals surface area contributed by atoms with Crippen LogP contribution in [0.15, 0.2) is 11.8 Å². The summed E-state index contributed by atoms with van der Waals surface area (Å²) in [6, 6.07) is 0. The van der Waals surface area contributed by atoms with Crippen molar-refractivity contribution >= 4 is 0 Å². The van der Waals surface area contributed by atoms with Crippen molar-refractivity contribution in [1.82, 2.24) is 0 Å². The number of hydrogen-bond donors (Lipinski definition) is 0. The Morgan fingerprint density at radius 3 is 2.00 bits per heavy atom. The summed E-state index contributed by atoms with van der Waals surface area (Å²) in [6.45, 7) is 4.52. The molecule has 0 N–H and O–H groups in total. The van der Waals surface area contributed by atoms with Gasteiger partial charge in [0.05, 0.1) is 12.9 Å². The van der Waals surface area contributed by atoms with Crippen molar-refractivity contribution < 1.29 is 4.74 Å². The molecule has 17 heavy (non-hydrogen) atoms. The molecule has 0 aliphatic carbocycles. The zero-order chi connectivity index (χ0) is 12.8. The standard InChI is InChI=1S/C16H32O/c1-4-6-8-10-12-14-16(17-3)15-13-11-9-7-5-2/h14H,4-13,15H2,1-3H3/b16-14-. The highest BCUT2D eigenvalue weighted by molar-refractivity contribution is 4.92. The van der Waals surface area contributed by atoms with Crippen LogP contribution < -0.4 is 0 Å². The van der Waals surface area contributed by atoms with Gasteiger partial charge < -0.3 is 4.74 Å². The summed E-state index contributed by atoms with van der Waals surface area (Å²) in [5.74, 6) is 1.21. The molecule has 0 saturated heterocycles. The maximum Gasteiger partial charge on any atom is 0.0915 e. The molecule has 0 saturated carbocycles. The molecule has 0 radical (unpaired) electrons. The highest BCUT2D eigenvalue weighted by Crippen LogP contribution is 2.13. The Kier molecular flexibility index (Phi) is 13.2. The van der Waals surface area contributed by atoms with E-state index < -0.39 is 0 Å². The SMILES string of the molecule is CCCCCC/C=C(/CCCCCCC)OC. The Bertz CT molecular complexity index is 172. The number of ether oxygens (including phenoxy) is 1. The lowest BCUT2D eigenvalue weighted by molar-refractivity contribution is 0.271. The fraction of sp³-hybridized carbons (Fsp3) is 0.875. The van der Waals surface area contributed by atoms with Crippen LogP contribution in [0.4, 0.5) is 0 Å². The molecule has 0 aliphatic heterocycles. The average Bonchev–Trinajstić information content (AvgIpc) is 2.36. The Morgan fingerprint density at radius 2 is 1.41 bits per heavy atom. The quantitative estimate of drug-likeness (QED) is 0.307. The van der Waals surface area contributed by atoms with Crippen LogP contribution >= 0.6 is 0 Å². The van der Waals surface area contributed by atoms with Crippen LogP contribution in [0, 0.1) is 0 Å². The molecule has 0 aromatic heterocycles. The summed E-state index contributed by atoms with van der Waals surface area (Å²) in [4.78, 5) is 0. The maximum absolute atomic E-state index is 5.42. The van der Waals surface area contributed by atoms with E-state index in [1.807, 2.05) is 7.11 Å². The molecule has 0 spiro atoms. The van der Waals surface area contributed by atoms with Crippen molar-refractivity contribution in [3.63, 3.8) is 0 Å². The molecule has 0 aromatic carbocycles. The van der Waals surface area contributed by atoms with Crippen LogP contribution in [0.25, 0.3) is 0 Å². The molecule has 0 heterocycles. The van der Waals surface area contributed by atoms with Crippen molar-refractivity contribution in [3.05, 3.63) is 11.8 Å². The molecule has 0 aliphatic rings. The Labute approximate surface area is 109 Å². The van der Waals surface area contributed by atoms with E-state index in [4.69, 9.17) is 4.74 Å². The normalized spacial score (nSPS) is 11.8.